The van der Waals surface area contributed by atoms with Gasteiger partial charge in [-0.3, -0.25) is 4.98 Å². The average molecular weight is 651 g/mol. The van der Waals surface area contributed by atoms with Crippen LogP contribution in [0.1, 0.15) is 11.1 Å². The van der Waals surface area contributed by atoms with Crippen LogP contribution in [-0.4, -0.2) is 19.5 Å². The van der Waals surface area contributed by atoms with E-state index in [0.29, 0.717) is 33.5 Å². The van der Waals surface area contributed by atoms with Crippen LogP contribution in [0, 0.1) is 22.7 Å². The molecule has 0 radical (unpaired) electrons. The minimum atomic E-state index is 0.560. The number of rotatable bonds is 5. The van der Waals surface area contributed by atoms with Crippen molar-refractivity contribution in [2.45, 2.75) is 0 Å². The Bertz CT molecular complexity index is 2800. The van der Waals surface area contributed by atoms with E-state index in [2.05, 4.69) is 89.5 Å². The van der Waals surface area contributed by atoms with E-state index in [9.17, 15) is 10.5 Å². The highest BCUT2D eigenvalue weighted by atomic mass is 15.0. The Kier molecular flexibility index (Phi) is 7.13. The zero-order valence-corrected chi connectivity index (χ0v) is 27.2. The lowest BCUT2D eigenvalue weighted by atomic mass is 9.99. The molecule has 3 aromatic heterocycles. The van der Waals surface area contributed by atoms with Gasteiger partial charge in [0.05, 0.1) is 51.4 Å². The Balaban J connectivity index is 1.33. The van der Waals surface area contributed by atoms with Crippen molar-refractivity contribution in [3.05, 3.63) is 169 Å². The van der Waals surface area contributed by atoms with Gasteiger partial charge in [0.1, 0.15) is 11.0 Å². The first kappa shape index (κ1) is 29.7. The summed E-state index contributed by atoms with van der Waals surface area (Å²) >= 11 is 0. The van der Waals surface area contributed by atoms with Crippen LogP contribution in [0.15, 0.2) is 158 Å². The average Bonchev–Trinajstić information content (AvgIpc) is 3.55. The quantitative estimate of drug-likeness (QED) is 0.185. The van der Waals surface area contributed by atoms with Crippen molar-refractivity contribution in [3.8, 4) is 62.7 Å². The predicted octanol–water partition coefficient (Wildman–Crippen LogP) is 10.5. The van der Waals surface area contributed by atoms with Crippen LogP contribution in [0.4, 0.5) is 0 Å². The number of pyridine rings is 1. The number of nitriles is 2. The number of aromatic nitrogens is 4. The van der Waals surface area contributed by atoms with Gasteiger partial charge in [0.2, 0.25) is 0 Å². The molecule has 3 heterocycles. The lowest BCUT2D eigenvalue weighted by molar-refractivity contribution is 1.18. The molecule has 0 aliphatic carbocycles. The zero-order chi connectivity index (χ0) is 34.3. The first-order chi connectivity index (χ1) is 25.2. The van der Waals surface area contributed by atoms with Gasteiger partial charge >= 0.3 is 0 Å². The molecule has 0 saturated heterocycles. The predicted molar refractivity (Wildman–Crippen MR) is 203 cm³/mol. The maximum Gasteiger partial charge on any atom is 0.116 e. The van der Waals surface area contributed by atoms with Gasteiger partial charge in [-0.1, -0.05) is 103 Å². The van der Waals surface area contributed by atoms with Crippen LogP contribution in [0.5, 0.6) is 0 Å². The van der Waals surface area contributed by atoms with Gasteiger partial charge in [0.15, 0.2) is 0 Å². The zero-order valence-electron chi connectivity index (χ0n) is 27.2. The summed E-state index contributed by atoms with van der Waals surface area (Å²) in [7, 11) is 0. The Morgan fingerprint density at radius 2 is 0.961 bits per heavy atom. The van der Waals surface area contributed by atoms with E-state index in [0.717, 1.165) is 50.2 Å². The third-order valence-corrected chi connectivity index (χ3v) is 9.32. The minimum absolute atomic E-state index is 0.560. The maximum atomic E-state index is 9.52. The third kappa shape index (κ3) is 5.07. The Hall–Kier alpha value is -7.41. The SMILES string of the molecule is N#Cc1ccc(-c2nc3c(-c4cccc(-n5c6ccccc6c6ccccc65)c4)cnc(-c4ccccc4)c3nc2-c2ccc(C#N)cc2)cc1. The van der Waals surface area contributed by atoms with E-state index in [4.69, 9.17) is 15.0 Å². The summed E-state index contributed by atoms with van der Waals surface area (Å²) in [6.45, 7) is 0. The number of benzene rings is 6. The van der Waals surface area contributed by atoms with E-state index < -0.39 is 0 Å². The summed E-state index contributed by atoms with van der Waals surface area (Å²) in [6, 6.07) is 54.7. The molecule has 9 aromatic rings. The maximum absolute atomic E-state index is 9.52. The van der Waals surface area contributed by atoms with E-state index in [1.54, 1.807) is 24.3 Å². The minimum Gasteiger partial charge on any atom is -0.309 e. The van der Waals surface area contributed by atoms with Crippen molar-refractivity contribution in [2.24, 2.45) is 0 Å². The number of nitrogens with zero attached hydrogens (tertiary/aromatic N) is 6. The monoisotopic (exact) mass is 650 g/mol. The van der Waals surface area contributed by atoms with Crippen molar-refractivity contribution in [1.82, 2.24) is 19.5 Å². The van der Waals surface area contributed by atoms with Gasteiger partial charge in [-0.05, 0) is 54.1 Å². The fourth-order valence-electron chi connectivity index (χ4n) is 6.88. The van der Waals surface area contributed by atoms with Gasteiger partial charge in [-0.25, -0.2) is 9.97 Å². The Labute approximate surface area is 293 Å². The fraction of sp³-hybridized carbons (Fsp3) is 0. The largest absolute Gasteiger partial charge is 0.309 e. The lowest BCUT2D eigenvalue weighted by Gasteiger charge is -2.16. The lowest BCUT2D eigenvalue weighted by Crippen LogP contribution is -2.01. The molecular formula is C45H26N6. The summed E-state index contributed by atoms with van der Waals surface area (Å²) in [6.07, 6.45) is 1.90. The Morgan fingerprint density at radius 3 is 1.55 bits per heavy atom. The van der Waals surface area contributed by atoms with Gasteiger partial charge < -0.3 is 4.57 Å². The van der Waals surface area contributed by atoms with Gasteiger partial charge in [-0.2, -0.15) is 10.5 Å². The third-order valence-electron chi connectivity index (χ3n) is 9.32. The van der Waals surface area contributed by atoms with Crippen LogP contribution >= 0.6 is 0 Å². The molecule has 0 amide bonds. The first-order valence-electron chi connectivity index (χ1n) is 16.6. The van der Waals surface area contributed by atoms with Crippen LogP contribution in [-0.2, 0) is 0 Å². The van der Waals surface area contributed by atoms with E-state index in [1.165, 1.54) is 10.8 Å². The number of hydrogen-bond donors (Lipinski definition) is 0. The first-order valence-corrected chi connectivity index (χ1v) is 16.6. The molecule has 6 heteroatoms. The topological polar surface area (TPSA) is 91.2 Å². The van der Waals surface area contributed by atoms with Crippen molar-refractivity contribution in [2.75, 3.05) is 0 Å². The molecule has 0 aliphatic heterocycles. The smallest absolute Gasteiger partial charge is 0.116 e. The molecule has 0 spiro atoms. The molecule has 0 atom stereocenters. The summed E-state index contributed by atoms with van der Waals surface area (Å²) in [5.74, 6) is 0. The highest BCUT2D eigenvalue weighted by Gasteiger charge is 2.21. The van der Waals surface area contributed by atoms with E-state index in [-0.39, 0.29) is 0 Å². The van der Waals surface area contributed by atoms with Crippen LogP contribution < -0.4 is 0 Å². The van der Waals surface area contributed by atoms with E-state index in [1.807, 2.05) is 60.8 Å². The second-order valence-corrected chi connectivity index (χ2v) is 12.3. The molecule has 0 N–H and O–H groups in total. The molecule has 9 rings (SSSR count). The number of para-hydroxylation sites is 2. The van der Waals surface area contributed by atoms with Crippen molar-refractivity contribution >= 4 is 32.8 Å². The summed E-state index contributed by atoms with van der Waals surface area (Å²) in [4.78, 5) is 15.8. The van der Waals surface area contributed by atoms with Crippen LogP contribution in [0.2, 0.25) is 0 Å². The van der Waals surface area contributed by atoms with Crippen LogP contribution in [0.3, 0.4) is 0 Å². The molecule has 51 heavy (non-hydrogen) atoms. The normalized spacial score (nSPS) is 11.1. The second kappa shape index (κ2) is 12.2. The summed E-state index contributed by atoms with van der Waals surface area (Å²) in [5.41, 5.74) is 12.2. The Morgan fingerprint density at radius 1 is 0.451 bits per heavy atom. The molecule has 236 valence electrons. The molecule has 6 aromatic carbocycles. The standard InChI is InChI=1S/C45H26N6/c46-26-29-17-21-32(22-18-29)42-43(33-23-19-30(27-47)20-24-33)50-45-41(31-9-2-1-3-10-31)48-28-38(44(45)49-42)34-11-8-12-35(25-34)51-39-15-6-4-13-36(39)37-14-5-7-16-40(37)51/h1-25,28H. The molecule has 6 nitrogen and oxygen atoms in total. The molecule has 0 aliphatic rings. The molecule has 0 unspecified atom stereocenters. The van der Waals surface area contributed by atoms with Gasteiger partial charge in [0.25, 0.3) is 0 Å². The van der Waals surface area contributed by atoms with Crippen molar-refractivity contribution in [1.29, 1.82) is 10.5 Å². The summed E-state index contributed by atoms with van der Waals surface area (Å²) in [5, 5.41) is 21.4. The molecule has 0 bridgehead atoms. The molecule has 0 fully saturated rings. The number of fused-ring (bicyclic) bond motifs is 4. The highest BCUT2D eigenvalue weighted by molar-refractivity contribution is 6.09. The molecular weight excluding hydrogens is 625 g/mol. The highest BCUT2D eigenvalue weighted by Crippen LogP contribution is 2.39. The fourth-order valence-corrected chi connectivity index (χ4v) is 6.88. The second-order valence-electron chi connectivity index (χ2n) is 12.3. The summed E-state index contributed by atoms with van der Waals surface area (Å²) < 4.78 is 2.30. The van der Waals surface area contributed by atoms with Crippen LogP contribution in [0.25, 0.3) is 83.4 Å². The molecule has 0 saturated carbocycles. The van der Waals surface area contributed by atoms with Gasteiger partial charge in [-0.15, -0.1) is 0 Å². The van der Waals surface area contributed by atoms with Gasteiger partial charge in [0, 0.05) is 44.9 Å². The van der Waals surface area contributed by atoms with E-state index >= 15 is 0 Å². The van der Waals surface area contributed by atoms with Crippen molar-refractivity contribution < 1.29 is 0 Å². The number of hydrogen-bond acceptors (Lipinski definition) is 5. The van der Waals surface area contributed by atoms with Crippen molar-refractivity contribution in [3.63, 3.8) is 0 Å².